The van der Waals surface area contributed by atoms with E-state index in [0.717, 1.165) is 32.4 Å². The van der Waals surface area contributed by atoms with E-state index in [1.54, 1.807) is 0 Å². The van der Waals surface area contributed by atoms with Crippen LogP contribution in [-0.4, -0.2) is 25.0 Å². The molecule has 0 saturated carbocycles. The van der Waals surface area contributed by atoms with Crippen molar-refractivity contribution in [3.63, 3.8) is 0 Å². The summed E-state index contributed by atoms with van der Waals surface area (Å²) in [6.45, 7) is 4.09. The van der Waals surface area contributed by atoms with Gasteiger partial charge in [0.1, 0.15) is 0 Å². The Morgan fingerprint density at radius 1 is 1.44 bits per heavy atom. The molecule has 1 amide bonds. The summed E-state index contributed by atoms with van der Waals surface area (Å²) in [5, 5.41) is 6.42. The summed E-state index contributed by atoms with van der Waals surface area (Å²) in [4.78, 5) is 11.9. The quantitative estimate of drug-likeness (QED) is 0.850. The Morgan fingerprint density at radius 3 is 3.00 bits per heavy atom. The molecule has 1 unspecified atom stereocenters. The number of benzene rings is 1. The van der Waals surface area contributed by atoms with Gasteiger partial charge in [0, 0.05) is 19.0 Å². The molecular formula is C15H22N2O. The van der Waals surface area contributed by atoms with Crippen molar-refractivity contribution in [3.05, 3.63) is 35.4 Å². The highest BCUT2D eigenvalue weighted by molar-refractivity contribution is 5.76. The second-order valence-corrected chi connectivity index (χ2v) is 5.04. The van der Waals surface area contributed by atoms with E-state index in [4.69, 9.17) is 0 Å². The molecule has 0 aliphatic carbocycles. The Morgan fingerprint density at radius 2 is 2.28 bits per heavy atom. The lowest BCUT2D eigenvalue weighted by Gasteiger charge is -2.23. The van der Waals surface area contributed by atoms with Gasteiger partial charge in [-0.15, -0.1) is 0 Å². The topological polar surface area (TPSA) is 41.1 Å². The molecule has 18 heavy (non-hydrogen) atoms. The van der Waals surface area contributed by atoms with E-state index in [9.17, 15) is 4.79 Å². The first-order valence-electron chi connectivity index (χ1n) is 6.80. The van der Waals surface area contributed by atoms with Crippen LogP contribution in [0.5, 0.6) is 0 Å². The lowest BCUT2D eigenvalue weighted by atomic mass is 10.0. The second-order valence-electron chi connectivity index (χ2n) is 5.04. The fraction of sp³-hybridized carbons (Fsp3) is 0.533. The zero-order valence-electron chi connectivity index (χ0n) is 11.0. The number of nitrogens with one attached hydrogen (secondary N) is 2. The molecule has 3 nitrogen and oxygen atoms in total. The Hall–Kier alpha value is -1.35. The highest BCUT2D eigenvalue weighted by Gasteiger charge is 2.15. The predicted octanol–water partition coefficient (Wildman–Crippen LogP) is 1.80. The number of hydrogen-bond acceptors (Lipinski definition) is 2. The number of rotatable bonds is 4. The SMILES string of the molecule is Cc1ccccc1CCC(=O)NC1CCCNC1. The number of carbonyl (C=O) groups excluding carboxylic acids is 1. The molecule has 0 aromatic heterocycles. The summed E-state index contributed by atoms with van der Waals surface area (Å²) < 4.78 is 0. The van der Waals surface area contributed by atoms with E-state index >= 15 is 0 Å². The number of carbonyl (C=O) groups is 1. The minimum Gasteiger partial charge on any atom is -0.352 e. The third-order valence-electron chi connectivity index (χ3n) is 3.54. The van der Waals surface area contributed by atoms with Crippen molar-refractivity contribution in [2.75, 3.05) is 13.1 Å². The van der Waals surface area contributed by atoms with Crippen LogP contribution in [0.2, 0.25) is 0 Å². The maximum atomic E-state index is 11.9. The molecule has 1 fully saturated rings. The van der Waals surface area contributed by atoms with Gasteiger partial charge >= 0.3 is 0 Å². The van der Waals surface area contributed by atoms with Gasteiger partial charge < -0.3 is 10.6 Å². The zero-order chi connectivity index (χ0) is 12.8. The summed E-state index contributed by atoms with van der Waals surface area (Å²) in [5.74, 6) is 0.173. The lowest BCUT2D eigenvalue weighted by molar-refractivity contribution is -0.121. The average Bonchev–Trinajstić information content (AvgIpc) is 2.39. The standard InChI is InChI=1S/C15H22N2O/c1-12-5-2-3-6-13(12)8-9-15(18)17-14-7-4-10-16-11-14/h2-3,5-6,14,16H,4,7-11H2,1H3,(H,17,18). The molecular weight excluding hydrogens is 224 g/mol. The van der Waals surface area contributed by atoms with Crippen molar-refractivity contribution in [2.45, 2.75) is 38.6 Å². The molecule has 1 aromatic rings. The molecule has 1 heterocycles. The minimum absolute atomic E-state index is 0.173. The molecule has 1 aliphatic rings. The fourth-order valence-electron chi connectivity index (χ4n) is 2.41. The third kappa shape index (κ3) is 3.84. The Labute approximate surface area is 109 Å². The van der Waals surface area contributed by atoms with Crippen molar-refractivity contribution in [3.8, 4) is 0 Å². The van der Waals surface area contributed by atoms with Gasteiger partial charge in [0.05, 0.1) is 0 Å². The van der Waals surface area contributed by atoms with Crippen LogP contribution in [0.25, 0.3) is 0 Å². The summed E-state index contributed by atoms with van der Waals surface area (Å²) >= 11 is 0. The first-order chi connectivity index (χ1) is 8.75. The lowest BCUT2D eigenvalue weighted by Crippen LogP contribution is -2.45. The largest absolute Gasteiger partial charge is 0.352 e. The normalized spacial score (nSPS) is 19.5. The van der Waals surface area contributed by atoms with Gasteiger partial charge in [0.2, 0.25) is 5.91 Å². The summed E-state index contributed by atoms with van der Waals surface area (Å²) in [5.41, 5.74) is 2.54. The molecule has 2 rings (SSSR count). The summed E-state index contributed by atoms with van der Waals surface area (Å²) in [7, 11) is 0. The number of aryl methyl sites for hydroxylation is 2. The Balaban J connectivity index is 1.76. The average molecular weight is 246 g/mol. The molecule has 1 atom stereocenters. The smallest absolute Gasteiger partial charge is 0.220 e. The maximum Gasteiger partial charge on any atom is 0.220 e. The number of piperidine rings is 1. The maximum absolute atomic E-state index is 11.9. The van der Waals surface area contributed by atoms with E-state index in [2.05, 4.69) is 29.7 Å². The molecule has 1 saturated heterocycles. The van der Waals surface area contributed by atoms with Crippen LogP contribution in [0.1, 0.15) is 30.4 Å². The Bertz CT molecular complexity index is 397. The van der Waals surface area contributed by atoms with Crippen LogP contribution in [0, 0.1) is 6.92 Å². The van der Waals surface area contributed by atoms with Crippen molar-refractivity contribution in [1.29, 1.82) is 0 Å². The van der Waals surface area contributed by atoms with Gasteiger partial charge in [0.15, 0.2) is 0 Å². The monoisotopic (exact) mass is 246 g/mol. The predicted molar refractivity (Wildman–Crippen MR) is 73.5 cm³/mol. The van der Waals surface area contributed by atoms with Crippen molar-refractivity contribution >= 4 is 5.91 Å². The van der Waals surface area contributed by atoms with Crippen molar-refractivity contribution in [2.24, 2.45) is 0 Å². The van der Waals surface area contributed by atoms with Gasteiger partial charge in [-0.3, -0.25) is 4.79 Å². The first-order valence-corrected chi connectivity index (χ1v) is 6.80. The minimum atomic E-state index is 0.173. The van der Waals surface area contributed by atoms with Gasteiger partial charge in [-0.2, -0.15) is 0 Å². The van der Waals surface area contributed by atoms with Crippen molar-refractivity contribution in [1.82, 2.24) is 10.6 Å². The van der Waals surface area contributed by atoms with Crippen LogP contribution in [0.4, 0.5) is 0 Å². The van der Waals surface area contributed by atoms with Gasteiger partial charge in [-0.05, 0) is 43.9 Å². The molecule has 98 valence electrons. The van der Waals surface area contributed by atoms with Gasteiger partial charge in [-0.25, -0.2) is 0 Å². The highest BCUT2D eigenvalue weighted by atomic mass is 16.1. The first kappa shape index (κ1) is 13.1. The van der Waals surface area contributed by atoms with Crippen LogP contribution >= 0.6 is 0 Å². The van der Waals surface area contributed by atoms with E-state index in [-0.39, 0.29) is 5.91 Å². The molecule has 0 radical (unpaired) electrons. The van der Waals surface area contributed by atoms with E-state index < -0.39 is 0 Å². The second kappa shape index (κ2) is 6.55. The van der Waals surface area contributed by atoms with E-state index in [0.29, 0.717) is 12.5 Å². The fourth-order valence-corrected chi connectivity index (χ4v) is 2.41. The summed E-state index contributed by atoms with van der Waals surface area (Å²) in [6.07, 6.45) is 3.67. The number of hydrogen-bond donors (Lipinski definition) is 2. The van der Waals surface area contributed by atoms with Crippen LogP contribution in [-0.2, 0) is 11.2 Å². The van der Waals surface area contributed by atoms with Crippen LogP contribution in [0.15, 0.2) is 24.3 Å². The van der Waals surface area contributed by atoms with Gasteiger partial charge in [-0.1, -0.05) is 24.3 Å². The van der Waals surface area contributed by atoms with Crippen molar-refractivity contribution < 1.29 is 4.79 Å². The van der Waals surface area contributed by atoms with E-state index in [1.165, 1.54) is 11.1 Å². The summed E-state index contributed by atoms with van der Waals surface area (Å²) in [6, 6.07) is 8.59. The van der Waals surface area contributed by atoms with Gasteiger partial charge in [0.25, 0.3) is 0 Å². The Kier molecular flexibility index (Phi) is 4.76. The molecule has 3 heteroatoms. The molecule has 0 bridgehead atoms. The highest BCUT2D eigenvalue weighted by Crippen LogP contribution is 2.09. The van der Waals surface area contributed by atoms with Crippen LogP contribution < -0.4 is 10.6 Å². The van der Waals surface area contributed by atoms with E-state index in [1.807, 2.05) is 12.1 Å². The molecule has 1 aromatic carbocycles. The molecule has 1 aliphatic heterocycles. The zero-order valence-corrected chi connectivity index (χ0v) is 11.0. The van der Waals surface area contributed by atoms with Crippen LogP contribution in [0.3, 0.4) is 0 Å². The molecule has 0 spiro atoms. The number of amides is 1. The molecule has 2 N–H and O–H groups in total. The third-order valence-corrected chi connectivity index (χ3v) is 3.54.